The molecule has 37 heavy (non-hydrogen) atoms. The number of nitrogens with one attached hydrogen (secondary N) is 1. The highest BCUT2D eigenvalue weighted by atomic mass is 35.5. The van der Waals surface area contributed by atoms with Gasteiger partial charge in [0.05, 0.1) is 38.0 Å². The van der Waals surface area contributed by atoms with Crippen molar-refractivity contribution in [1.29, 1.82) is 0 Å². The molecule has 1 aliphatic heterocycles. The van der Waals surface area contributed by atoms with Gasteiger partial charge >= 0.3 is 6.03 Å². The van der Waals surface area contributed by atoms with Crippen molar-refractivity contribution < 1.29 is 33.3 Å². The maximum atomic E-state index is 13.3. The van der Waals surface area contributed by atoms with Crippen molar-refractivity contribution in [3.63, 3.8) is 0 Å². The molecule has 1 saturated heterocycles. The molecule has 1 aliphatic rings. The summed E-state index contributed by atoms with van der Waals surface area (Å²) in [4.78, 5) is 39.4. The van der Waals surface area contributed by atoms with E-state index in [9.17, 15) is 14.4 Å². The number of urea groups is 1. The van der Waals surface area contributed by atoms with Crippen molar-refractivity contribution >= 4 is 35.5 Å². The molecule has 0 aliphatic carbocycles. The number of carbonyl (C=O) groups excluding carboxylic acids is 3. The van der Waals surface area contributed by atoms with Crippen LogP contribution in [0.3, 0.4) is 0 Å². The van der Waals surface area contributed by atoms with Crippen LogP contribution < -0.4 is 24.3 Å². The van der Waals surface area contributed by atoms with Gasteiger partial charge in [-0.3, -0.25) is 19.8 Å². The first-order chi connectivity index (χ1) is 17.8. The average molecular weight is 531 g/mol. The van der Waals surface area contributed by atoms with Crippen LogP contribution >= 0.6 is 11.6 Å². The third kappa shape index (κ3) is 6.74. The summed E-state index contributed by atoms with van der Waals surface area (Å²) in [5.74, 6) is 0.316. The number of amides is 4. The Morgan fingerprint density at radius 2 is 1.57 bits per heavy atom. The van der Waals surface area contributed by atoms with Crippen LogP contribution in [0.1, 0.15) is 45.2 Å². The van der Waals surface area contributed by atoms with Gasteiger partial charge in [0.2, 0.25) is 0 Å². The quantitative estimate of drug-likeness (QED) is 0.304. The molecule has 0 aromatic heterocycles. The lowest BCUT2D eigenvalue weighted by Gasteiger charge is -2.26. The van der Waals surface area contributed by atoms with Crippen molar-refractivity contribution in [1.82, 2.24) is 10.2 Å². The van der Waals surface area contributed by atoms with Gasteiger partial charge in [-0.15, -0.1) is 0 Å². The maximum absolute atomic E-state index is 13.3. The lowest BCUT2D eigenvalue weighted by molar-refractivity contribution is -0.130. The van der Waals surface area contributed by atoms with E-state index in [1.807, 2.05) is 27.7 Å². The molecule has 0 bridgehead atoms. The second-order valence-corrected chi connectivity index (χ2v) is 8.37. The number of hydrogen-bond acceptors (Lipinski definition) is 7. The Labute approximate surface area is 221 Å². The molecule has 1 fully saturated rings. The second kappa shape index (κ2) is 13.0. The molecule has 9 nitrogen and oxygen atoms in total. The number of imide groups is 2. The van der Waals surface area contributed by atoms with E-state index in [-0.39, 0.29) is 17.1 Å². The smallest absolute Gasteiger partial charge is 0.331 e. The summed E-state index contributed by atoms with van der Waals surface area (Å²) in [5, 5.41) is 2.50. The van der Waals surface area contributed by atoms with Gasteiger partial charge in [-0.05, 0) is 68.7 Å². The zero-order valence-corrected chi connectivity index (χ0v) is 22.1. The molecule has 0 spiro atoms. The van der Waals surface area contributed by atoms with E-state index in [2.05, 4.69) is 5.32 Å². The molecule has 0 radical (unpaired) electrons. The van der Waals surface area contributed by atoms with E-state index in [1.54, 1.807) is 30.3 Å². The monoisotopic (exact) mass is 530 g/mol. The first kappa shape index (κ1) is 27.9. The largest absolute Gasteiger partial charge is 0.490 e. The van der Waals surface area contributed by atoms with Gasteiger partial charge in [0.15, 0.2) is 23.0 Å². The van der Waals surface area contributed by atoms with E-state index in [1.165, 1.54) is 6.08 Å². The minimum atomic E-state index is -0.809. The first-order valence-electron chi connectivity index (χ1n) is 12.2. The van der Waals surface area contributed by atoms with Gasteiger partial charge in [-0.1, -0.05) is 24.6 Å². The number of halogens is 1. The zero-order chi connectivity index (χ0) is 26.9. The number of ether oxygens (including phenoxy) is 4. The second-order valence-electron chi connectivity index (χ2n) is 7.97. The highest BCUT2D eigenvalue weighted by Gasteiger charge is 2.36. The number of hydrogen-bond donors (Lipinski definition) is 1. The molecular formula is C27H31ClN2O7. The van der Waals surface area contributed by atoms with E-state index in [0.29, 0.717) is 60.6 Å². The lowest BCUT2D eigenvalue weighted by atomic mass is 10.1. The van der Waals surface area contributed by atoms with Crippen LogP contribution in [0.25, 0.3) is 6.08 Å². The van der Waals surface area contributed by atoms with Gasteiger partial charge in [-0.25, -0.2) is 4.79 Å². The Hall–Kier alpha value is -3.72. The minimum Gasteiger partial charge on any atom is -0.490 e. The third-order valence-corrected chi connectivity index (χ3v) is 5.51. The summed E-state index contributed by atoms with van der Waals surface area (Å²) in [5.41, 5.74) is 0.864. The van der Waals surface area contributed by atoms with Gasteiger partial charge in [0, 0.05) is 0 Å². The Morgan fingerprint density at radius 1 is 0.865 bits per heavy atom. The van der Waals surface area contributed by atoms with E-state index in [0.717, 1.165) is 11.3 Å². The molecule has 2 aromatic carbocycles. The SMILES string of the molecule is CCCOc1ccc(CN2C(=O)NC(=O)/C(=C\c3cc(Cl)c(OCC)c(OCC)c3)C2=O)cc1OCC. The molecule has 0 unspecified atom stereocenters. The zero-order valence-electron chi connectivity index (χ0n) is 21.4. The average Bonchev–Trinajstić information content (AvgIpc) is 2.86. The molecule has 4 amide bonds. The summed E-state index contributed by atoms with van der Waals surface area (Å²) < 4.78 is 22.6. The van der Waals surface area contributed by atoms with E-state index in [4.69, 9.17) is 30.5 Å². The summed E-state index contributed by atoms with van der Waals surface area (Å²) in [6, 6.07) is 7.58. The number of barbiturate groups is 1. The number of nitrogens with zero attached hydrogens (tertiary/aromatic N) is 1. The topological polar surface area (TPSA) is 103 Å². The molecule has 198 valence electrons. The third-order valence-electron chi connectivity index (χ3n) is 5.23. The highest BCUT2D eigenvalue weighted by Crippen LogP contribution is 2.37. The molecule has 0 atom stereocenters. The number of benzene rings is 2. The number of carbonyl (C=O) groups is 3. The highest BCUT2D eigenvalue weighted by molar-refractivity contribution is 6.33. The predicted octanol–water partition coefficient (Wildman–Crippen LogP) is 4.99. The van der Waals surface area contributed by atoms with E-state index >= 15 is 0 Å². The van der Waals surface area contributed by atoms with Crippen LogP contribution in [0.4, 0.5) is 4.79 Å². The van der Waals surface area contributed by atoms with Crippen molar-refractivity contribution in [3.8, 4) is 23.0 Å². The van der Waals surface area contributed by atoms with E-state index < -0.39 is 17.8 Å². The Morgan fingerprint density at radius 3 is 2.24 bits per heavy atom. The maximum Gasteiger partial charge on any atom is 0.331 e. The summed E-state index contributed by atoms with van der Waals surface area (Å²) in [7, 11) is 0. The van der Waals surface area contributed by atoms with Gasteiger partial charge < -0.3 is 18.9 Å². The fraction of sp³-hybridized carbons (Fsp3) is 0.370. The van der Waals surface area contributed by atoms with Crippen LogP contribution in [0.2, 0.25) is 5.02 Å². The summed E-state index contributed by atoms with van der Waals surface area (Å²) in [6.07, 6.45) is 2.21. The fourth-order valence-corrected chi connectivity index (χ4v) is 3.93. The molecule has 3 rings (SSSR count). The van der Waals surface area contributed by atoms with Crippen molar-refractivity contribution in [2.24, 2.45) is 0 Å². The van der Waals surface area contributed by atoms with Crippen LogP contribution in [-0.4, -0.2) is 49.2 Å². The fourth-order valence-electron chi connectivity index (χ4n) is 3.66. The first-order valence-corrected chi connectivity index (χ1v) is 12.6. The van der Waals surface area contributed by atoms with Gasteiger partial charge in [0.25, 0.3) is 11.8 Å². The van der Waals surface area contributed by atoms with Crippen LogP contribution in [0, 0.1) is 0 Å². The van der Waals surface area contributed by atoms with Gasteiger partial charge in [-0.2, -0.15) is 0 Å². The van der Waals surface area contributed by atoms with Crippen LogP contribution in [0.15, 0.2) is 35.9 Å². The van der Waals surface area contributed by atoms with Crippen molar-refractivity contribution in [3.05, 3.63) is 52.1 Å². The Balaban J connectivity index is 1.91. The molecule has 1 heterocycles. The van der Waals surface area contributed by atoms with Crippen LogP contribution in [0.5, 0.6) is 23.0 Å². The standard InChI is InChI=1S/C27H31ClN2O7/c1-5-11-37-21-10-9-17(14-22(21)34-6-2)16-30-26(32)19(25(31)29-27(30)33)12-18-13-20(28)24(36-8-4)23(15-18)35-7-3/h9-10,12-15H,5-8,11,16H2,1-4H3,(H,29,31,33)/b19-12+. The summed E-state index contributed by atoms with van der Waals surface area (Å²) in [6.45, 7) is 9.12. The molecule has 1 N–H and O–H groups in total. The van der Waals surface area contributed by atoms with Crippen molar-refractivity contribution in [2.45, 2.75) is 40.7 Å². The molecule has 2 aromatic rings. The van der Waals surface area contributed by atoms with Crippen molar-refractivity contribution in [2.75, 3.05) is 26.4 Å². The van der Waals surface area contributed by atoms with Gasteiger partial charge in [0.1, 0.15) is 5.57 Å². The normalized spacial score (nSPS) is 14.6. The molecule has 0 saturated carbocycles. The Kier molecular flexibility index (Phi) is 9.79. The minimum absolute atomic E-state index is 0.0718. The van der Waals surface area contributed by atoms with Crippen LogP contribution in [-0.2, 0) is 16.1 Å². The molecule has 10 heteroatoms. The molecular weight excluding hydrogens is 500 g/mol. The lowest BCUT2D eigenvalue weighted by Crippen LogP contribution is -2.53. The summed E-state index contributed by atoms with van der Waals surface area (Å²) >= 11 is 6.38. The predicted molar refractivity (Wildman–Crippen MR) is 139 cm³/mol. The number of rotatable bonds is 12. The Bertz CT molecular complexity index is 1200.